The van der Waals surface area contributed by atoms with Crippen molar-refractivity contribution in [3.8, 4) is 0 Å². The fourth-order valence-corrected chi connectivity index (χ4v) is 4.35. The summed E-state index contributed by atoms with van der Waals surface area (Å²) in [6.07, 6.45) is 2.57. The van der Waals surface area contributed by atoms with Gasteiger partial charge < -0.3 is 9.47 Å². The van der Waals surface area contributed by atoms with Gasteiger partial charge >= 0.3 is 5.97 Å². The number of halogens is 1. The van der Waals surface area contributed by atoms with Crippen molar-refractivity contribution in [2.45, 2.75) is 33.8 Å². The highest BCUT2D eigenvalue weighted by Gasteiger charge is 2.53. The van der Waals surface area contributed by atoms with Gasteiger partial charge in [-0.15, -0.1) is 0 Å². The molecule has 2 bridgehead atoms. The third kappa shape index (κ3) is 2.49. The molecule has 1 saturated heterocycles. The highest BCUT2D eigenvalue weighted by Crippen LogP contribution is 2.52. The minimum Gasteiger partial charge on any atom is -0.465 e. The lowest BCUT2D eigenvalue weighted by molar-refractivity contribution is -0.174. The molecule has 0 aromatic heterocycles. The van der Waals surface area contributed by atoms with Crippen LogP contribution in [-0.2, 0) is 14.3 Å². The Labute approximate surface area is 123 Å². The topological polar surface area (TPSA) is 35.5 Å². The highest BCUT2D eigenvalue weighted by atomic mass is 79.9. The molecule has 0 spiro atoms. The molecule has 3 nitrogen and oxygen atoms in total. The van der Waals surface area contributed by atoms with Crippen molar-refractivity contribution in [2.24, 2.45) is 23.2 Å². The largest absolute Gasteiger partial charge is 0.465 e. The first-order chi connectivity index (χ1) is 8.92. The Bertz CT molecular complexity index is 393. The molecule has 0 saturated carbocycles. The van der Waals surface area contributed by atoms with Gasteiger partial charge in [0.15, 0.2) is 0 Å². The van der Waals surface area contributed by atoms with E-state index in [2.05, 4.69) is 42.8 Å². The monoisotopic (exact) mass is 330 g/mol. The molecule has 5 atom stereocenters. The van der Waals surface area contributed by atoms with Gasteiger partial charge in [0.05, 0.1) is 19.3 Å². The number of carbonyl (C=O) groups is 1. The summed E-state index contributed by atoms with van der Waals surface area (Å²) in [5, 5.41) is 0.852. The summed E-state index contributed by atoms with van der Waals surface area (Å²) in [5.41, 5.74) is 1.33. The SMILES string of the molecule is CC(=O)OC[C@]12CO[C@@H](CBr)[C@H](C(C)=C[C@H]1C)[C@H]2C. The molecule has 0 unspecified atom stereocenters. The first kappa shape index (κ1) is 15.0. The molecule has 0 aromatic rings. The van der Waals surface area contributed by atoms with E-state index >= 15 is 0 Å². The van der Waals surface area contributed by atoms with Crippen LogP contribution in [-0.4, -0.2) is 30.6 Å². The van der Waals surface area contributed by atoms with Gasteiger partial charge in [-0.25, -0.2) is 0 Å². The number of ether oxygens (including phenoxy) is 2. The van der Waals surface area contributed by atoms with Crippen LogP contribution in [0.15, 0.2) is 11.6 Å². The van der Waals surface area contributed by atoms with Crippen molar-refractivity contribution in [3.05, 3.63) is 11.6 Å². The van der Waals surface area contributed by atoms with Crippen molar-refractivity contribution >= 4 is 21.9 Å². The quantitative estimate of drug-likeness (QED) is 0.453. The fraction of sp³-hybridized carbons (Fsp3) is 0.800. The molecule has 2 rings (SSSR count). The van der Waals surface area contributed by atoms with Crippen molar-refractivity contribution < 1.29 is 14.3 Å². The minimum atomic E-state index is -0.209. The second-order valence-electron chi connectivity index (χ2n) is 6.03. The Hall–Kier alpha value is -0.350. The van der Waals surface area contributed by atoms with Crippen molar-refractivity contribution in [3.63, 3.8) is 0 Å². The number of allylic oxidation sites excluding steroid dienone is 1. The molecular weight excluding hydrogens is 308 g/mol. The molecule has 0 aromatic carbocycles. The van der Waals surface area contributed by atoms with Gasteiger partial charge in [-0.1, -0.05) is 41.4 Å². The lowest BCUT2D eigenvalue weighted by Crippen LogP contribution is -2.57. The smallest absolute Gasteiger partial charge is 0.302 e. The highest BCUT2D eigenvalue weighted by molar-refractivity contribution is 9.09. The number of alkyl halides is 1. The van der Waals surface area contributed by atoms with Crippen molar-refractivity contribution in [1.29, 1.82) is 0 Å². The van der Waals surface area contributed by atoms with Crippen LogP contribution < -0.4 is 0 Å². The molecule has 1 fully saturated rings. The number of esters is 1. The van der Waals surface area contributed by atoms with E-state index in [1.807, 2.05) is 0 Å². The van der Waals surface area contributed by atoms with Crippen LogP contribution in [0, 0.1) is 23.2 Å². The predicted octanol–water partition coefficient (Wildman–Crippen LogP) is 3.18. The molecule has 4 heteroatoms. The average Bonchev–Trinajstić information content (AvgIpc) is 2.34. The molecule has 19 heavy (non-hydrogen) atoms. The van der Waals surface area contributed by atoms with Gasteiger partial charge in [0.25, 0.3) is 0 Å². The van der Waals surface area contributed by atoms with Gasteiger partial charge in [0.1, 0.15) is 0 Å². The van der Waals surface area contributed by atoms with Crippen LogP contribution in [0.25, 0.3) is 0 Å². The van der Waals surface area contributed by atoms with Gasteiger partial charge in [-0.3, -0.25) is 4.79 Å². The first-order valence-electron chi connectivity index (χ1n) is 6.91. The molecule has 0 N–H and O–H groups in total. The minimum absolute atomic E-state index is 0.0749. The zero-order valence-electron chi connectivity index (χ0n) is 12.1. The summed E-state index contributed by atoms with van der Waals surface area (Å²) in [6.45, 7) is 9.27. The number of rotatable bonds is 3. The second kappa shape index (κ2) is 5.57. The Balaban J connectivity index is 2.31. The van der Waals surface area contributed by atoms with Crippen LogP contribution in [0.3, 0.4) is 0 Å². The zero-order chi connectivity index (χ0) is 14.2. The molecule has 1 heterocycles. The maximum absolute atomic E-state index is 11.2. The van der Waals surface area contributed by atoms with Crippen LogP contribution in [0.2, 0.25) is 0 Å². The van der Waals surface area contributed by atoms with E-state index in [9.17, 15) is 4.79 Å². The van der Waals surface area contributed by atoms with Gasteiger partial charge in [0.2, 0.25) is 0 Å². The number of hydrogen-bond donors (Lipinski definition) is 0. The number of carbonyl (C=O) groups excluding carboxylic acids is 1. The summed E-state index contributed by atoms with van der Waals surface area (Å²) in [6, 6.07) is 0. The lowest BCUT2D eigenvalue weighted by Gasteiger charge is -2.55. The van der Waals surface area contributed by atoms with Gasteiger partial charge in [0, 0.05) is 23.6 Å². The fourth-order valence-electron chi connectivity index (χ4n) is 3.76. The summed E-state index contributed by atoms with van der Waals surface area (Å²) in [7, 11) is 0. The molecule has 1 aliphatic carbocycles. The predicted molar refractivity (Wildman–Crippen MR) is 78.2 cm³/mol. The second-order valence-corrected chi connectivity index (χ2v) is 6.68. The Morgan fingerprint density at radius 3 is 2.84 bits per heavy atom. The molecule has 1 aliphatic heterocycles. The summed E-state index contributed by atoms with van der Waals surface area (Å²) >= 11 is 3.55. The van der Waals surface area contributed by atoms with E-state index in [0.29, 0.717) is 31.0 Å². The third-order valence-electron chi connectivity index (χ3n) is 5.05. The standard InChI is InChI=1S/C15H23BrO3/c1-9-5-10(2)15(7-18-12(4)17)8-19-13(6-16)14(9)11(15)3/h5,10-11,13-14H,6-8H2,1-4H3/t10-,11-,13+,14-,15+/m1/s1. The molecular formula is C15H23BrO3. The first-order valence-corrected chi connectivity index (χ1v) is 8.03. The van der Waals surface area contributed by atoms with Crippen LogP contribution in [0.5, 0.6) is 0 Å². The summed E-state index contributed by atoms with van der Waals surface area (Å²) in [5.74, 6) is 1.04. The molecule has 2 aliphatic rings. The molecule has 108 valence electrons. The maximum Gasteiger partial charge on any atom is 0.302 e. The molecule has 0 radical (unpaired) electrons. The van der Waals surface area contributed by atoms with Crippen molar-refractivity contribution in [1.82, 2.24) is 0 Å². The Morgan fingerprint density at radius 1 is 1.58 bits per heavy atom. The van der Waals surface area contributed by atoms with Crippen LogP contribution >= 0.6 is 15.9 Å². The normalized spacial score (nSPS) is 41.6. The third-order valence-corrected chi connectivity index (χ3v) is 5.69. The van der Waals surface area contributed by atoms with E-state index in [1.54, 1.807) is 0 Å². The Kier molecular flexibility index (Phi) is 4.41. The van der Waals surface area contributed by atoms with Crippen LogP contribution in [0.1, 0.15) is 27.7 Å². The average molecular weight is 331 g/mol. The van der Waals surface area contributed by atoms with E-state index < -0.39 is 0 Å². The van der Waals surface area contributed by atoms with E-state index in [-0.39, 0.29) is 17.5 Å². The van der Waals surface area contributed by atoms with Crippen LogP contribution in [0.4, 0.5) is 0 Å². The maximum atomic E-state index is 11.2. The van der Waals surface area contributed by atoms with Gasteiger partial charge in [-0.05, 0) is 18.8 Å². The number of hydrogen-bond acceptors (Lipinski definition) is 3. The summed E-state index contributed by atoms with van der Waals surface area (Å²) in [4.78, 5) is 11.2. The van der Waals surface area contributed by atoms with E-state index in [0.717, 1.165) is 5.33 Å². The van der Waals surface area contributed by atoms with E-state index in [1.165, 1.54) is 12.5 Å². The summed E-state index contributed by atoms with van der Waals surface area (Å²) < 4.78 is 11.4. The Morgan fingerprint density at radius 2 is 2.26 bits per heavy atom. The van der Waals surface area contributed by atoms with Crippen molar-refractivity contribution in [2.75, 3.05) is 18.5 Å². The number of fused-ring (bicyclic) bond motifs is 2. The van der Waals surface area contributed by atoms with Gasteiger partial charge in [-0.2, -0.15) is 0 Å². The van der Waals surface area contributed by atoms with E-state index in [4.69, 9.17) is 9.47 Å². The zero-order valence-corrected chi connectivity index (χ0v) is 13.7. The molecule has 0 amide bonds. The lowest BCUT2D eigenvalue weighted by atomic mass is 9.56.